The van der Waals surface area contributed by atoms with E-state index in [4.69, 9.17) is 0 Å². The molecule has 0 saturated heterocycles. The maximum absolute atomic E-state index is 13.6. The van der Waals surface area contributed by atoms with E-state index in [2.05, 4.69) is 14.8 Å². The van der Waals surface area contributed by atoms with E-state index < -0.39 is 18.2 Å². The molecule has 26 heavy (non-hydrogen) atoms. The van der Waals surface area contributed by atoms with Crippen LogP contribution in [-0.2, 0) is 11.3 Å². The number of pyridine rings is 1. The number of alkyl halides is 2. The van der Waals surface area contributed by atoms with Gasteiger partial charge in [-0.3, -0.25) is 14.5 Å². The molecule has 0 amide bonds. The fourth-order valence-electron chi connectivity index (χ4n) is 2.79. The molecule has 1 aliphatic rings. The summed E-state index contributed by atoms with van der Waals surface area (Å²) in [4.78, 5) is 16.3. The Morgan fingerprint density at radius 1 is 1.23 bits per heavy atom. The number of ketones is 1. The number of nitrogens with zero attached hydrogens (tertiary/aromatic N) is 3. The molecule has 4 rings (SSSR count). The van der Waals surface area contributed by atoms with Crippen molar-refractivity contribution in [3.05, 3.63) is 42.5 Å². The molecule has 8 heteroatoms. The molecule has 2 heterocycles. The van der Waals surface area contributed by atoms with Gasteiger partial charge < -0.3 is 4.74 Å². The van der Waals surface area contributed by atoms with Gasteiger partial charge in [0, 0.05) is 17.7 Å². The van der Waals surface area contributed by atoms with Crippen LogP contribution in [-0.4, -0.2) is 27.2 Å². The molecule has 0 bridgehead atoms. The van der Waals surface area contributed by atoms with Gasteiger partial charge in [-0.25, -0.2) is 4.39 Å². The molecule has 134 valence electrons. The number of rotatable bonds is 6. The van der Waals surface area contributed by atoms with E-state index in [1.165, 1.54) is 18.3 Å². The molecule has 0 radical (unpaired) electrons. The molecule has 0 unspecified atom stereocenters. The predicted octanol–water partition coefficient (Wildman–Crippen LogP) is 3.82. The fraction of sp³-hybridized carbons (Fsp3) is 0.278. The van der Waals surface area contributed by atoms with Crippen molar-refractivity contribution in [3.63, 3.8) is 0 Å². The second kappa shape index (κ2) is 6.44. The van der Waals surface area contributed by atoms with Gasteiger partial charge in [0.1, 0.15) is 12.1 Å². The fourth-order valence-corrected chi connectivity index (χ4v) is 2.79. The second-order valence-corrected chi connectivity index (χ2v) is 6.19. The molecule has 3 aromatic rings. The van der Waals surface area contributed by atoms with Crippen LogP contribution in [0.2, 0.25) is 0 Å². The maximum atomic E-state index is 13.6. The standard InChI is InChI=1S/C18H14F3N3O2/c19-13-4-3-11(6-17(13)26-18(20)21)12-5-15-14(22-7-12)8-23-24(15)9-16(25)10-1-2-10/h3-8,10,18H,1-2,9H2. The summed E-state index contributed by atoms with van der Waals surface area (Å²) in [5.41, 5.74) is 2.32. The molecule has 0 spiro atoms. The molecule has 0 atom stereocenters. The number of fused-ring (bicyclic) bond motifs is 1. The summed E-state index contributed by atoms with van der Waals surface area (Å²) in [6, 6.07) is 5.45. The van der Waals surface area contributed by atoms with Crippen molar-refractivity contribution in [2.75, 3.05) is 0 Å². The summed E-state index contributed by atoms with van der Waals surface area (Å²) in [5.74, 6) is -1.15. The lowest BCUT2D eigenvalue weighted by Crippen LogP contribution is -2.12. The number of hydrogen-bond acceptors (Lipinski definition) is 4. The van der Waals surface area contributed by atoms with E-state index in [0.29, 0.717) is 22.2 Å². The topological polar surface area (TPSA) is 57.0 Å². The van der Waals surface area contributed by atoms with Crippen LogP contribution in [0.5, 0.6) is 5.75 Å². The number of ether oxygens (including phenoxy) is 1. The average Bonchev–Trinajstić information content (AvgIpc) is 3.39. The van der Waals surface area contributed by atoms with Crippen LogP contribution in [0.3, 0.4) is 0 Å². The summed E-state index contributed by atoms with van der Waals surface area (Å²) in [6.07, 6.45) is 4.94. The minimum atomic E-state index is -3.12. The normalized spacial score (nSPS) is 14.2. The molecule has 0 aliphatic heterocycles. The van der Waals surface area contributed by atoms with E-state index in [0.717, 1.165) is 18.9 Å². The van der Waals surface area contributed by atoms with Crippen LogP contribution in [0.1, 0.15) is 12.8 Å². The molecule has 1 saturated carbocycles. The first kappa shape index (κ1) is 16.6. The molecule has 2 aromatic heterocycles. The van der Waals surface area contributed by atoms with Crippen LogP contribution in [0.25, 0.3) is 22.2 Å². The zero-order chi connectivity index (χ0) is 18.3. The SMILES string of the molecule is O=C(Cn1ncc2ncc(-c3ccc(F)c(OC(F)F)c3)cc21)C1CC1. The van der Waals surface area contributed by atoms with Crippen LogP contribution in [0.4, 0.5) is 13.2 Å². The van der Waals surface area contributed by atoms with Gasteiger partial charge in [0.15, 0.2) is 17.3 Å². The van der Waals surface area contributed by atoms with Crippen LogP contribution >= 0.6 is 0 Å². The maximum Gasteiger partial charge on any atom is 0.387 e. The third-order valence-electron chi connectivity index (χ3n) is 4.31. The Kier molecular flexibility index (Phi) is 4.10. The van der Waals surface area contributed by atoms with Crippen molar-refractivity contribution in [2.24, 2.45) is 5.92 Å². The van der Waals surface area contributed by atoms with E-state index in [1.54, 1.807) is 16.9 Å². The Hall–Kier alpha value is -2.90. The van der Waals surface area contributed by atoms with E-state index in [1.807, 2.05) is 0 Å². The zero-order valence-electron chi connectivity index (χ0n) is 13.5. The lowest BCUT2D eigenvalue weighted by molar-refractivity contribution is -0.120. The number of benzene rings is 1. The summed E-state index contributed by atoms with van der Waals surface area (Å²) < 4.78 is 44.2. The number of aromatic nitrogens is 3. The summed E-state index contributed by atoms with van der Waals surface area (Å²) in [7, 11) is 0. The van der Waals surface area contributed by atoms with Crippen LogP contribution in [0.15, 0.2) is 36.7 Å². The molecule has 1 fully saturated rings. The third kappa shape index (κ3) is 3.26. The largest absolute Gasteiger partial charge is 0.432 e. The minimum Gasteiger partial charge on any atom is -0.432 e. The van der Waals surface area contributed by atoms with Gasteiger partial charge in [-0.1, -0.05) is 6.07 Å². The number of Topliss-reactive ketones (excluding diaryl/α,β-unsaturated/α-hetero) is 1. The van der Waals surface area contributed by atoms with Crippen molar-refractivity contribution in [3.8, 4) is 16.9 Å². The van der Waals surface area contributed by atoms with Crippen molar-refractivity contribution in [1.82, 2.24) is 14.8 Å². The first-order chi connectivity index (χ1) is 12.5. The van der Waals surface area contributed by atoms with Crippen molar-refractivity contribution < 1.29 is 22.7 Å². The Labute approximate surface area is 146 Å². The summed E-state index contributed by atoms with van der Waals surface area (Å²) in [6.45, 7) is -2.95. The molecular weight excluding hydrogens is 347 g/mol. The quantitative estimate of drug-likeness (QED) is 0.670. The molecule has 1 aliphatic carbocycles. The van der Waals surface area contributed by atoms with Gasteiger partial charge in [0.25, 0.3) is 0 Å². The summed E-state index contributed by atoms with van der Waals surface area (Å²) in [5, 5.41) is 4.20. The average molecular weight is 361 g/mol. The minimum absolute atomic E-state index is 0.122. The van der Waals surface area contributed by atoms with Gasteiger partial charge in [-0.05, 0) is 36.6 Å². The highest BCUT2D eigenvalue weighted by molar-refractivity contribution is 5.86. The molecule has 1 aromatic carbocycles. The first-order valence-corrected chi connectivity index (χ1v) is 8.10. The number of carbonyl (C=O) groups excluding carboxylic acids is 1. The molecule has 5 nitrogen and oxygen atoms in total. The smallest absolute Gasteiger partial charge is 0.387 e. The van der Waals surface area contributed by atoms with Crippen LogP contribution in [0, 0.1) is 11.7 Å². The van der Waals surface area contributed by atoms with E-state index in [9.17, 15) is 18.0 Å². The lowest BCUT2D eigenvalue weighted by Gasteiger charge is -2.09. The van der Waals surface area contributed by atoms with E-state index >= 15 is 0 Å². The van der Waals surface area contributed by atoms with Crippen molar-refractivity contribution in [1.29, 1.82) is 0 Å². The second-order valence-electron chi connectivity index (χ2n) is 6.19. The number of halogens is 3. The van der Waals surface area contributed by atoms with Crippen LogP contribution < -0.4 is 4.74 Å². The highest BCUT2D eigenvalue weighted by atomic mass is 19.3. The Morgan fingerprint density at radius 3 is 2.77 bits per heavy atom. The summed E-state index contributed by atoms with van der Waals surface area (Å²) >= 11 is 0. The highest BCUT2D eigenvalue weighted by Crippen LogP contribution is 2.31. The van der Waals surface area contributed by atoms with Crippen molar-refractivity contribution >= 4 is 16.8 Å². The Morgan fingerprint density at radius 2 is 2.04 bits per heavy atom. The Balaban J connectivity index is 1.69. The molecule has 0 N–H and O–H groups in total. The van der Waals surface area contributed by atoms with Gasteiger partial charge in [-0.15, -0.1) is 0 Å². The predicted molar refractivity (Wildman–Crippen MR) is 87.3 cm³/mol. The van der Waals surface area contributed by atoms with E-state index in [-0.39, 0.29) is 18.2 Å². The van der Waals surface area contributed by atoms with Gasteiger partial charge >= 0.3 is 6.61 Å². The van der Waals surface area contributed by atoms with Gasteiger partial charge in [0.05, 0.1) is 11.7 Å². The van der Waals surface area contributed by atoms with Gasteiger partial charge in [-0.2, -0.15) is 13.9 Å². The lowest BCUT2D eigenvalue weighted by atomic mass is 10.1. The zero-order valence-corrected chi connectivity index (χ0v) is 13.5. The Bertz CT molecular complexity index is 983. The molecular formula is C18H14F3N3O2. The highest BCUT2D eigenvalue weighted by Gasteiger charge is 2.29. The first-order valence-electron chi connectivity index (χ1n) is 8.10. The monoisotopic (exact) mass is 361 g/mol. The van der Waals surface area contributed by atoms with Crippen molar-refractivity contribution in [2.45, 2.75) is 26.0 Å². The third-order valence-corrected chi connectivity index (χ3v) is 4.31. The number of carbonyl (C=O) groups is 1. The van der Waals surface area contributed by atoms with Gasteiger partial charge in [0.2, 0.25) is 0 Å². The number of hydrogen-bond donors (Lipinski definition) is 0.